The van der Waals surface area contributed by atoms with Crippen molar-refractivity contribution >= 4 is 0 Å². The fourth-order valence-corrected chi connectivity index (χ4v) is 0.635. The number of aliphatic hydroxyl groups is 1. The number of rotatable bonds is 3. The Labute approximate surface area is 63.1 Å². The van der Waals surface area contributed by atoms with E-state index in [9.17, 15) is 5.11 Å². The molecule has 1 atom stereocenters. The predicted molar refractivity (Wildman–Crippen MR) is 44.9 cm³/mol. The van der Waals surface area contributed by atoms with Crippen LogP contribution in [-0.4, -0.2) is 10.7 Å². The van der Waals surface area contributed by atoms with Crippen molar-refractivity contribution in [1.29, 1.82) is 0 Å². The van der Waals surface area contributed by atoms with Crippen molar-refractivity contribution < 1.29 is 5.11 Å². The van der Waals surface area contributed by atoms with Gasteiger partial charge in [0.1, 0.15) is 0 Å². The van der Waals surface area contributed by atoms with Gasteiger partial charge in [0.15, 0.2) is 0 Å². The maximum Gasteiger partial charge on any atom is 0.0826 e. The summed E-state index contributed by atoms with van der Waals surface area (Å²) in [6, 6.07) is 0. The van der Waals surface area contributed by atoms with E-state index in [2.05, 4.69) is 6.58 Å². The summed E-state index contributed by atoms with van der Waals surface area (Å²) < 4.78 is 0. The van der Waals surface area contributed by atoms with Gasteiger partial charge in [-0.3, -0.25) is 0 Å². The molecular formula is C9H16O. The van der Waals surface area contributed by atoms with E-state index in [1.165, 1.54) is 0 Å². The Morgan fingerprint density at radius 2 is 2.20 bits per heavy atom. The van der Waals surface area contributed by atoms with Gasteiger partial charge in [0.2, 0.25) is 0 Å². The monoisotopic (exact) mass is 140 g/mol. The average Bonchev–Trinajstić information content (AvgIpc) is 1.89. The zero-order valence-corrected chi connectivity index (χ0v) is 7.02. The van der Waals surface area contributed by atoms with Crippen molar-refractivity contribution in [3.63, 3.8) is 0 Å². The van der Waals surface area contributed by atoms with E-state index < -0.39 is 5.60 Å². The van der Waals surface area contributed by atoms with Crippen molar-refractivity contribution in [2.24, 2.45) is 0 Å². The first kappa shape index (κ1) is 9.44. The molecular weight excluding hydrogens is 124 g/mol. The topological polar surface area (TPSA) is 20.2 Å². The second-order valence-electron chi connectivity index (χ2n) is 2.71. The molecule has 1 unspecified atom stereocenters. The van der Waals surface area contributed by atoms with E-state index in [4.69, 9.17) is 0 Å². The molecule has 0 aromatic heterocycles. The van der Waals surface area contributed by atoms with Gasteiger partial charge in [0, 0.05) is 0 Å². The molecule has 0 aliphatic carbocycles. The lowest BCUT2D eigenvalue weighted by molar-refractivity contribution is 0.0946. The summed E-state index contributed by atoms with van der Waals surface area (Å²) in [4.78, 5) is 0. The van der Waals surface area contributed by atoms with Gasteiger partial charge >= 0.3 is 0 Å². The largest absolute Gasteiger partial charge is 0.386 e. The second kappa shape index (κ2) is 3.57. The molecule has 0 saturated heterocycles. The Morgan fingerprint density at radius 1 is 1.70 bits per heavy atom. The van der Waals surface area contributed by atoms with Gasteiger partial charge in [-0.25, -0.2) is 0 Å². The van der Waals surface area contributed by atoms with E-state index in [0.717, 1.165) is 12.0 Å². The Hall–Kier alpha value is -0.560. The standard InChI is InChI=1S/C9H16O/c1-5-7-8(3)9(4,10)6-2/h5,7,10H,1,6H2,2-4H3/b8-7+. The highest BCUT2D eigenvalue weighted by Gasteiger charge is 2.18. The zero-order chi connectivity index (χ0) is 8.20. The minimum Gasteiger partial charge on any atom is -0.386 e. The van der Waals surface area contributed by atoms with Crippen LogP contribution in [-0.2, 0) is 0 Å². The Bertz CT molecular complexity index is 143. The number of allylic oxidation sites excluding steroid dienone is 2. The summed E-state index contributed by atoms with van der Waals surface area (Å²) >= 11 is 0. The normalized spacial score (nSPS) is 18.2. The van der Waals surface area contributed by atoms with Crippen LogP contribution < -0.4 is 0 Å². The van der Waals surface area contributed by atoms with Crippen LogP contribution in [0.15, 0.2) is 24.3 Å². The van der Waals surface area contributed by atoms with Crippen molar-refractivity contribution in [3.05, 3.63) is 24.3 Å². The third-order valence-electron chi connectivity index (χ3n) is 1.91. The lowest BCUT2D eigenvalue weighted by atomic mass is 9.94. The third-order valence-corrected chi connectivity index (χ3v) is 1.91. The molecule has 0 aliphatic heterocycles. The molecule has 0 spiro atoms. The van der Waals surface area contributed by atoms with E-state index in [-0.39, 0.29) is 0 Å². The van der Waals surface area contributed by atoms with Crippen LogP contribution in [0.1, 0.15) is 27.2 Å². The van der Waals surface area contributed by atoms with Gasteiger partial charge < -0.3 is 5.11 Å². The van der Waals surface area contributed by atoms with E-state index in [1.54, 1.807) is 6.08 Å². The van der Waals surface area contributed by atoms with Crippen LogP contribution in [0.5, 0.6) is 0 Å². The van der Waals surface area contributed by atoms with Crippen LogP contribution in [0.25, 0.3) is 0 Å². The van der Waals surface area contributed by atoms with Gasteiger partial charge in [-0.05, 0) is 25.8 Å². The molecule has 0 aromatic rings. The first-order valence-corrected chi connectivity index (χ1v) is 3.56. The van der Waals surface area contributed by atoms with Gasteiger partial charge in [0.05, 0.1) is 5.60 Å². The summed E-state index contributed by atoms with van der Waals surface area (Å²) in [5.41, 5.74) is 0.304. The fourth-order valence-electron chi connectivity index (χ4n) is 0.635. The Balaban J connectivity index is 4.31. The molecule has 0 rings (SSSR count). The van der Waals surface area contributed by atoms with E-state index >= 15 is 0 Å². The smallest absolute Gasteiger partial charge is 0.0826 e. The molecule has 10 heavy (non-hydrogen) atoms. The molecule has 0 aromatic carbocycles. The first-order chi connectivity index (χ1) is 4.54. The summed E-state index contributed by atoms with van der Waals surface area (Å²) in [6.45, 7) is 9.24. The third kappa shape index (κ3) is 2.36. The van der Waals surface area contributed by atoms with Crippen molar-refractivity contribution in [2.75, 3.05) is 0 Å². The average molecular weight is 140 g/mol. The number of hydrogen-bond acceptors (Lipinski definition) is 1. The van der Waals surface area contributed by atoms with E-state index in [0.29, 0.717) is 0 Å². The minimum atomic E-state index is -0.659. The van der Waals surface area contributed by atoms with Gasteiger partial charge in [-0.15, -0.1) is 0 Å². The lowest BCUT2D eigenvalue weighted by Gasteiger charge is -2.21. The second-order valence-corrected chi connectivity index (χ2v) is 2.71. The molecule has 1 heteroatoms. The maximum absolute atomic E-state index is 9.61. The van der Waals surface area contributed by atoms with Gasteiger partial charge in [-0.1, -0.05) is 25.7 Å². The molecule has 0 radical (unpaired) electrons. The first-order valence-electron chi connectivity index (χ1n) is 3.56. The maximum atomic E-state index is 9.61. The summed E-state index contributed by atoms with van der Waals surface area (Å²) in [5, 5.41) is 9.61. The Kier molecular flexibility index (Phi) is 3.37. The molecule has 0 heterocycles. The predicted octanol–water partition coefficient (Wildman–Crippen LogP) is 2.28. The van der Waals surface area contributed by atoms with Gasteiger partial charge in [0.25, 0.3) is 0 Å². The van der Waals surface area contributed by atoms with Crippen molar-refractivity contribution in [1.82, 2.24) is 0 Å². The van der Waals surface area contributed by atoms with Crippen molar-refractivity contribution in [2.45, 2.75) is 32.8 Å². The molecule has 0 amide bonds. The van der Waals surface area contributed by atoms with Crippen LogP contribution in [0.4, 0.5) is 0 Å². The highest BCUT2D eigenvalue weighted by atomic mass is 16.3. The van der Waals surface area contributed by atoms with Gasteiger partial charge in [-0.2, -0.15) is 0 Å². The quantitative estimate of drug-likeness (QED) is 0.596. The minimum absolute atomic E-state index is 0.659. The molecule has 58 valence electrons. The Morgan fingerprint density at radius 3 is 2.50 bits per heavy atom. The highest BCUT2D eigenvalue weighted by molar-refractivity contribution is 5.17. The summed E-state index contributed by atoms with van der Waals surface area (Å²) in [6.07, 6.45) is 4.27. The SMILES string of the molecule is C=C/C=C(\C)C(C)(O)CC. The molecule has 0 bridgehead atoms. The molecule has 0 fully saturated rings. The molecule has 1 N–H and O–H groups in total. The van der Waals surface area contributed by atoms with Crippen LogP contribution in [0.3, 0.4) is 0 Å². The highest BCUT2D eigenvalue weighted by Crippen LogP contribution is 2.18. The molecule has 1 nitrogen and oxygen atoms in total. The zero-order valence-electron chi connectivity index (χ0n) is 7.02. The van der Waals surface area contributed by atoms with Crippen molar-refractivity contribution in [3.8, 4) is 0 Å². The number of hydrogen-bond donors (Lipinski definition) is 1. The van der Waals surface area contributed by atoms with Crippen LogP contribution in [0, 0.1) is 0 Å². The van der Waals surface area contributed by atoms with Crippen LogP contribution in [0.2, 0.25) is 0 Å². The van der Waals surface area contributed by atoms with Crippen LogP contribution >= 0.6 is 0 Å². The lowest BCUT2D eigenvalue weighted by Crippen LogP contribution is -2.23. The summed E-state index contributed by atoms with van der Waals surface area (Å²) in [7, 11) is 0. The summed E-state index contributed by atoms with van der Waals surface area (Å²) in [5.74, 6) is 0. The fraction of sp³-hybridized carbons (Fsp3) is 0.556. The molecule has 0 saturated carbocycles. The van der Waals surface area contributed by atoms with E-state index in [1.807, 2.05) is 26.8 Å². The molecule has 0 aliphatic rings.